The van der Waals surface area contributed by atoms with Crippen LogP contribution in [0.2, 0.25) is 0 Å². The predicted molar refractivity (Wildman–Crippen MR) is 54.9 cm³/mol. The number of ether oxygens (including phenoxy) is 1. The van der Waals surface area contributed by atoms with Gasteiger partial charge in [-0.25, -0.2) is 22.8 Å². The molecule has 4 nitrogen and oxygen atoms in total. The van der Waals surface area contributed by atoms with E-state index >= 15 is 0 Å². The number of esters is 1. The fraction of sp³-hybridized carbons (Fsp3) is 0.400. The molecule has 0 bridgehead atoms. The minimum Gasteiger partial charge on any atom is -0.478 e. The number of hydrogen-bond acceptors (Lipinski definition) is 3. The van der Waals surface area contributed by atoms with Crippen LogP contribution < -0.4 is 0 Å². The van der Waals surface area contributed by atoms with Gasteiger partial charge in [-0.1, -0.05) is 13.2 Å². The number of hydrogen-bond donors (Lipinski definition) is 1. The van der Waals surface area contributed by atoms with Gasteiger partial charge in [0.2, 0.25) is 6.17 Å². The van der Waals surface area contributed by atoms with Crippen molar-refractivity contribution >= 4 is 11.9 Å². The molecule has 0 aliphatic rings. The van der Waals surface area contributed by atoms with Crippen LogP contribution in [0.25, 0.3) is 0 Å². The highest BCUT2D eigenvalue weighted by atomic mass is 19.3. The Morgan fingerprint density at radius 3 is 1.75 bits per heavy atom. The first-order chi connectivity index (χ1) is 9.00. The maximum atomic E-state index is 12.4. The molecule has 0 aliphatic carbocycles. The monoisotopic (exact) mass is 308 g/mol. The number of carboxylic acid groups (broad SMARTS) is 1. The molecule has 0 spiro atoms. The Kier molecular flexibility index (Phi) is 9.14. The maximum Gasteiger partial charge on any atom is 0.349 e. The van der Waals surface area contributed by atoms with Crippen LogP contribution in [0.3, 0.4) is 0 Å². The molecule has 0 amide bonds. The largest absolute Gasteiger partial charge is 0.478 e. The van der Waals surface area contributed by atoms with Crippen LogP contribution in [-0.2, 0) is 14.3 Å². The van der Waals surface area contributed by atoms with Gasteiger partial charge in [-0.2, -0.15) is 13.2 Å². The van der Waals surface area contributed by atoms with E-state index in [0.717, 1.165) is 6.08 Å². The van der Waals surface area contributed by atoms with Crippen molar-refractivity contribution in [1.82, 2.24) is 0 Å². The van der Waals surface area contributed by atoms with E-state index in [4.69, 9.17) is 5.11 Å². The van der Waals surface area contributed by atoms with Crippen LogP contribution in [0, 0.1) is 0 Å². The molecule has 0 aliphatic heterocycles. The molecule has 0 fully saturated rings. The lowest BCUT2D eigenvalue weighted by Crippen LogP contribution is -2.45. The Hall–Kier alpha value is -2.00. The van der Waals surface area contributed by atoms with Crippen molar-refractivity contribution in [3.63, 3.8) is 0 Å². The molecule has 0 saturated carbocycles. The Bertz CT molecular complexity index is 358. The highest BCUT2D eigenvalue weighted by Gasteiger charge is 2.55. The van der Waals surface area contributed by atoms with Crippen LogP contribution in [0.15, 0.2) is 25.3 Å². The molecule has 0 aromatic carbocycles. The summed E-state index contributed by atoms with van der Waals surface area (Å²) in [5, 5.41) is 7.60. The average molecular weight is 308 g/mol. The highest BCUT2D eigenvalue weighted by molar-refractivity contribution is 5.81. The molecule has 20 heavy (non-hydrogen) atoms. The lowest BCUT2D eigenvalue weighted by Gasteiger charge is -2.22. The summed E-state index contributed by atoms with van der Waals surface area (Å²) >= 11 is 0. The molecule has 1 N–H and O–H groups in total. The zero-order valence-corrected chi connectivity index (χ0v) is 9.74. The van der Waals surface area contributed by atoms with Gasteiger partial charge in [-0.05, 0) is 0 Å². The van der Waals surface area contributed by atoms with E-state index in [1.165, 1.54) is 0 Å². The number of carbonyl (C=O) groups excluding carboxylic acids is 1. The summed E-state index contributed by atoms with van der Waals surface area (Å²) in [5.41, 5.74) is 0. The van der Waals surface area contributed by atoms with Crippen LogP contribution in [-0.4, -0.2) is 41.9 Å². The van der Waals surface area contributed by atoms with Gasteiger partial charge in [0.1, 0.15) is 0 Å². The smallest absolute Gasteiger partial charge is 0.349 e. The SMILES string of the molecule is C=CC(=O)O.C=CC(=O)OC(F)C(F)(F)C(F)C(F)F. The molecule has 2 atom stereocenters. The molecule has 0 aromatic rings. The minimum absolute atomic E-state index is 0.332. The van der Waals surface area contributed by atoms with E-state index in [9.17, 15) is 35.9 Å². The Balaban J connectivity index is 0. The number of rotatable bonds is 6. The lowest BCUT2D eigenvalue weighted by molar-refractivity contribution is -0.236. The maximum absolute atomic E-state index is 12.4. The average Bonchev–Trinajstić information content (AvgIpc) is 2.37. The summed E-state index contributed by atoms with van der Waals surface area (Å²) in [6.07, 6.45) is -10.8. The molecule has 2 unspecified atom stereocenters. The Morgan fingerprint density at radius 1 is 1.10 bits per heavy atom. The fourth-order valence-electron chi connectivity index (χ4n) is 0.522. The first-order valence-electron chi connectivity index (χ1n) is 4.63. The van der Waals surface area contributed by atoms with Gasteiger partial charge in [0.05, 0.1) is 0 Å². The second kappa shape index (κ2) is 8.99. The van der Waals surface area contributed by atoms with Crippen molar-refractivity contribution in [2.45, 2.75) is 24.9 Å². The second-order valence-electron chi connectivity index (χ2n) is 2.91. The van der Waals surface area contributed by atoms with Crippen LogP contribution in [0.1, 0.15) is 0 Å². The number of carbonyl (C=O) groups is 2. The zero-order chi connectivity index (χ0) is 16.5. The van der Waals surface area contributed by atoms with Crippen LogP contribution in [0.5, 0.6) is 0 Å². The molecule has 0 radical (unpaired) electrons. The number of aliphatic carboxylic acids is 1. The fourth-order valence-corrected chi connectivity index (χ4v) is 0.522. The molecule has 0 aromatic heterocycles. The first kappa shape index (κ1) is 20.3. The quantitative estimate of drug-likeness (QED) is 0.465. The summed E-state index contributed by atoms with van der Waals surface area (Å²) < 4.78 is 75.7. The third kappa shape index (κ3) is 7.44. The third-order valence-corrected chi connectivity index (χ3v) is 1.45. The van der Waals surface area contributed by atoms with Crippen molar-refractivity contribution in [3.05, 3.63) is 25.3 Å². The van der Waals surface area contributed by atoms with Crippen LogP contribution in [0.4, 0.5) is 26.3 Å². The van der Waals surface area contributed by atoms with E-state index in [1.807, 2.05) is 0 Å². The molecule has 0 saturated heterocycles. The van der Waals surface area contributed by atoms with Crippen LogP contribution >= 0.6 is 0 Å². The normalized spacial score (nSPS) is 13.6. The Morgan fingerprint density at radius 2 is 1.50 bits per heavy atom. The summed E-state index contributed by atoms with van der Waals surface area (Å²) in [6.45, 7) is 5.71. The predicted octanol–water partition coefficient (Wildman–Crippen LogP) is 2.51. The van der Waals surface area contributed by atoms with Crippen molar-refractivity contribution in [1.29, 1.82) is 0 Å². The standard InChI is InChI=1S/C7H6F6O2.C3H4O2/c1-2-3(14)15-6(11)7(12,13)4(8)5(9)10;1-2-3(4)5/h2,4-6H,1H2;2H,1H2,(H,4,5). The van der Waals surface area contributed by atoms with E-state index < -0.39 is 36.8 Å². The van der Waals surface area contributed by atoms with Crippen molar-refractivity contribution in [3.8, 4) is 0 Å². The lowest BCUT2D eigenvalue weighted by atomic mass is 10.2. The Labute approximate surface area is 109 Å². The van der Waals surface area contributed by atoms with E-state index in [1.54, 1.807) is 0 Å². The van der Waals surface area contributed by atoms with E-state index in [-0.39, 0.29) is 0 Å². The van der Waals surface area contributed by atoms with Crippen molar-refractivity contribution in [2.75, 3.05) is 0 Å². The second-order valence-corrected chi connectivity index (χ2v) is 2.91. The summed E-state index contributed by atoms with van der Waals surface area (Å²) in [7, 11) is 0. The van der Waals surface area contributed by atoms with Gasteiger partial charge < -0.3 is 9.84 Å². The van der Waals surface area contributed by atoms with Crippen molar-refractivity contribution in [2.24, 2.45) is 0 Å². The molecule has 0 rings (SSSR count). The number of halogens is 6. The summed E-state index contributed by atoms with van der Waals surface area (Å²) in [6, 6.07) is 0. The van der Waals surface area contributed by atoms with E-state index in [0.29, 0.717) is 6.08 Å². The molecular weight excluding hydrogens is 298 g/mol. The molecule has 10 heteroatoms. The topological polar surface area (TPSA) is 63.6 Å². The number of alkyl halides is 6. The van der Waals surface area contributed by atoms with Gasteiger partial charge in [0.25, 0.3) is 6.43 Å². The highest BCUT2D eigenvalue weighted by Crippen LogP contribution is 2.32. The summed E-state index contributed by atoms with van der Waals surface area (Å²) in [4.78, 5) is 19.5. The molecule has 116 valence electrons. The van der Waals surface area contributed by atoms with Crippen molar-refractivity contribution < 1.29 is 45.8 Å². The number of carboxylic acids is 1. The zero-order valence-electron chi connectivity index (χ0n) is 9.74. The molecular formula is C10H10F6O4. The first-order valence-corrected chi connectivity index (χ1v) is 4.63. The van der Waals surface area contributed by atoms with Gasteiger partial charge in [0.15, 0.2) is 0 Å². The minimum atomic E-state index is -5.10. The van der Waals surface area contributed by atoms with Gasteiger partial charge >= 0.3 is 24.2 Å². The molecule has 0 heterocycles. The van der Waals surface area contributed by atoms with Gasteiger partial charge in [-0.15, -0.1) is 0 Å². The van der Waals surface area contributed by atoms with Gasteiger partial charge in [-0.3, -0.25) is 0 Å². The van der Waals surface area contributed by atoms with Gasteiger partial charge in [0, 0.05) is 12.2 Å². The summed E-state index contributed by atoms with van der Waals surface area (Å²) in [5.74, 6) is -7.69. The third-order valence-electron chi connectivity index (χ3n) is 1.45. The van der Waals surface area contributed by atoms with E-state index in [2.05, 4.69) is 17.9 Å².